The number of nitrogens with two attached hydrogens (primary N) is 1. The number of anilines is 1. The van der Waals surface area contributed by atoms with Gasteiger partial charge in [0, 0.05) is 6.92 Å². The number of alkyl halides is 3. The summed E-state index contributed by atoms with van der Waals surface area (Å²) in [5, 5.41) is 0.662. The van der Waals surface area contributed by atoms with Crippen LogP contribution in [0.25, 0.3) is 0 Å². The molecule has 0 radical (unpaired) electrons. The molecule has 0 heterocycles. The molecular formula is C9H9F3N2O. The third-order valence-electron chi connectivity index (χ3n) is 1.79. The molecule has 0 aliphatic heterocycles. The second-order valence-corrected chi connectivity index (χ2v) is 2.94. The highest BCUT2D eigenvalue weighted by molar-refractivity contribution is 5.90. The van der Waals surface area contributed by atoms with Crippen LogP contribution in [0.1, 0.15) is 12.5 Å². The smallest absolute Gasteiger partial charge is 0.273 e. The number of hydrogen-bond donors (Lipinski definition) is 1. The zero-order valence-corrected chi connectivity index (χ0v) is 7.88. The fourth-order valence-electron chi connectivity index (χ4n) is 1.01. The van der Waals surface area contributed by atoms with E-state index in [0.29, 0.717) is 5.01 Å². The van der Waals surface area contributed by atoms with Crippen LogP contribution in [0.5, 0.6) is 0 Å². The van der Waals surface area contributed by atoms with E-state index >= 15 is 0 Å². The van der Waals surface area contributed by atoms with Crippen LogP contribution < -0.4 is 10.9 Å². The first kappa shape index (κ1) is 11.5. The molecule has 82 valence electrons. The summed E-state index contributed by atoms with van der Waals surface area (Å²) in [5.74, 6) is 4.73. The molecule has 0 fully saturated rings. The van der Waals surface area contributed by atoms with Gasteiger partial charge in [0.2, 0.25) is 5.91 Å². The lowest BCUT2D eigenvalue weighted by atomic mass is 10.2. The number of hydrogen-bond acceptors (Lipinski definition) is 2. The highest BCUT2D eigenvalue weighted by atomic mass is 19.4. The first-order chi connectivity index (χ1) is 6.82. The lowest BCUT2D eigenvalue weighted by molar-refractivity contribution is -0.137. The van der Waals surface area contributed by atoms with E-state index in [1.807, 2.05) is 0 Å². The standard InChI is InChI=1S/C9H9F3N2O/c1-6(15)14(13)8-4-2-3-7(5-8)9(10,11)12/h2-5H,13H2,1H3. The quantitative estimate of drug-likeness (QED) is 0.444. The fraction of sp³-hybridized carbons (Fsp3) is 0.222. The molecule has 0 saturated heterocycles. The van der Waals surface area contributed by atoms with Crippen molar-refractivity contribution >= 4 is 11.6 Å². The molecule has 1 aromatic rings. The van der Waals surface area contributed by atoms with Crippen LogP contribution in [0.4, 0.5) is 18.9 Å². The number of carbonyl (C=O) groups is 1. The number of amides is 1. The second kappa shape index (κ2) is 3.90. The van der Waals surface area contributed by atoms with Crippen LogP contribution in [0, 0.1) is 0 Å². The molecular weight excluding hydrogens is 209 g/mol. The number of carbonyl (C=O) groups excluding carboxylic acids is 1. The third-order valence-corrected chi connectivity index (χ3v) is 1.79. The fourth-order valence-corrected chi connectivity index (χ4v) is 1.01. The zero-order valence-electron chi connectivity index (χ0n) is 7.88. The first-order valence-electron chi connectivity index (χ1n) is 4.05. The lowest BCUT2D eigenvalue weighted by Crippen LogP contribution is -2.35. The number of rotatable bonds is 1. The van der Waals surface area contributed by atoms with Gasteiger partial charge in [-0.25, -0.2) is 10.9 Å². The second-order valence-electron chi connectivity index (χ2n) is 2.94. The SMILES string of the molecule is CC(=O)N(N)c1cccc(C(F)(F)F)c1. The van der Waals surface area contributed by atoms with Gasteiger partial charge in [-0.15, -0.1) is 0 Å². The highest BCUT2D eigenvalue weighted by Crippen LogP contribution is 2.31. The average Bonchev–Trinajstić information content (AvgIpc) is 2.15. The molecule has 3 nitrogen and oxygen atoms in total. The van der Waals surface area contributed by atoms with Crippen molar-refractivity contribution in [3.63, 3.8) is 0 Å². The van der Waals surface area contributed by atoms with Crippen LogP contribution in [-0.4, -0.2) is 5.91 Å². The summed E-state index contributed by atoms with van der Waals surface area (Å²) < 4.78 is 36.9. The monoisotopic (exact) mass is 218 g/mol. The Morgan fingerprint density at radius 1 is 1.40 bits per heavy atom. The van der Waals surface area contributed by atoms with E-state index in [2.05, 4.69) is 0 Å². The van der Waals surface area contributed by atoms with Crippen molar-refractivity contribution in [2.24, 2.45) is 5.84 Å². The molecule has 0 bridgehead atoms. The molecule has 2 N–H and O–H groups in total. The molecule has 0 unspecified atom stereocenters. The van der Waals surface area contributed by atoms with Crippen molar-refractivity contribution < 1.29 is 18.0 Å². The minimum atomic E-state index is -4.44. The minimum Gasteiger partial charge on any atom is -0.273 e. The normalized spacial score (nSPS) is 11.3. The summed E-state index contributed by atoms with van der Waals surface area (Å²) in [6.07, 6.45) is -4.44. The molecule has 1 aromatic carbocycles. The Morgan fingerprint density at radius 2 is 2.00 bits per heavy atom. The Balaban J connectivity index is 3.08. The van der Waals surface area contributed by atoms with E-state index in [1.165, 1.54) is 19.1 Å². The molecule has 6 heteroatoms. The van der Waals surface area contributed by atoms with E-state index in [1.54, 1.807) is 0 Å². The van der Waals surface area contributed by atoms with Gasteiger partial charge in [0.25, 0.3) is 0 Å². The highest BCUT2D eigenvalue weighted by Gasteiger charge is 2.30. The van der Waals surface area contributed by atoms with Crippen LogP contribution >= 0.6 is 0 Å². The summed E-state index contributed by atoms with van der Waals surface area (Å²) in [6, 6.07) is 4.26. The number of hydrazine groups is 1. The minimum absolute atomic E-state index is 0.0114. The van der Waals surface area contributed by atoms with Crippen LogP contribution in [-0.2, 0) is 11.0 Å². The Labute approximate surface area is 84.3 Å². The van der Waals surface area contributed by atoms with E-state index in [-0.39, 0.29) is 5.69 Å². The summed E-state index contributed by atoms with van der Waals surface area (Å²) in [6.45, 7) is 1.17. The maximum absolute atomic E-state index is 12.3. The van der Waals surface area contributed by atoms with Crippen LogP contribution in [0.2, 0.25) is 0 Å². The first-order valence-corrected chi connectivity index (χ1v) is 4.05. The van der Waals surface area contributed by atoms with Gasteiger partial charge in [-0.1, -0.05) is 6.07 Å². The summed E-state index contributed by atoms with van der Waals surface area (Å²) in [4.78, 5) is 10.8. The Bertz CT molecular complexity index is 376. The van der Waals surface area contributed by atoms with Crippen LogP contribution in [0.15, 0.2) is 24.3 Å². The molecule has 15 heavy (non-hydrogen) atoms. The van der Waals surface area contributed by atoms with Crippen molar-refractivity contribution in [2.45, 2.75) is 13.1 Å². The van der Waals surface area contributed by atoms with Crippen molar-refractivity contribution in [3.8, 4) is 0 Å². The average molecular weight is 218 g/mol. The third kappa shape index (κ3) is 2.69. The predicted molar refractivity (Wildman–Crippen MR) is 48.8 cm³/mol. The van der Waals surface area contributed by atoms with Gasteiger partial charge >= 0.3 is 6.18 Å². The van der Waals surface area contributed by atoms with Gasteiger partial charge in [0.1, 0.15) is 0 Å². The van der Waals surface area contributed by atoms with E-state index in [9.17, 15) is 18.0 Å². The van der Waals surface area contributed by atoms with Gasteiger partial charge in [-0.05, 0) is 18.2 Å². The van der Waals surface area contributed by atoms with Crippen molar-refractivity contribution in [3.05, 3.63) is 29.8 Å². The van der Waals surface area contributed by atoms with Crippen LogP contribution in [0.3, 0.4) is 0 Å². The van der Waals surface area contributed by atoms with Crippen molar-refractivity contribution in [1.82, 2.24) is 0 Å². The maximum Gasteiger partial charge on any atom is 0.416 e. The summed E-state index contributed by atoms with van der Waals surface area (Å²) in [5.41, 5.74) is -0.825. The molecule has 1 rings (SSSR count). The molecule has 0 atom stereocenters. The van der Waals surface area contributed by atoms with Gasteiger partial charge in [-0.3, -0.25) is 4.79 Å². The molecule has 0 aliphatic carbocycles. The topological polar surface area (TPSA) is 46.3 Å². The van der Waals surface area contributed by atoms with E-state index in [0.717, 1.165) is 12.1 Å². The number of benzene rings is 1. The van der Waals surface area contributed by atoms with Crippen molar-refractivity contribution in [2.75, 3.05) is 5.01 Å². The van der Waals surface area contributed by atoms with Gasteiger partial charge in [-0.2, -0.15) is 13.2 Å². The maximum atomic E-state index is 12.3. The van der Waals surface area contributed by atoms with E-state index < -0.39 is 17.6 Å². The van der Waals surface area contributed by atoms with Gasteiger partial charge in [0.15, 0.2) is 0 Å². The Morgan fingerprint density at radius 3 is 2.47 bits per heavy atom. The molecule has 0 saturated carbocycles. The van der Waals surface area contributed by atoms with Gasteiger partial charge in [0.05, 0.1) is 11.3 Å². The summed E-state index contributed by atoms with van der Waals surface area (Å²) >= 11 is 0. The molecule has 1 amide bonds. The lowest BCUT2D eigenvalue weighted by Gasteiger charge is -2.16. The molecule has 0 aliphatic rings. The Hall–Kier alpha value is -1.56. The summed E-state index contributed by atoms with van der Waals surface area (Å²) in [7, 11) is 0. The predicted octanol–water partition coefficient (Wildman–Crippen LogP) is 1.93. The molecule has 0 spiro atoms. The van der Waals surface area contributed by atoms with Gasteiger partial charge < -0.3 is 0 Å². The number of halogens is 3. The van der Waals surface area contributed by atoms with E-state index in [4.69, 9.17) is 5.84 Å². The largest absolute Gasteiger partial charge is 0.416 e. The van der Waals surface area contributed by atoms with Crippen molar-refractivity contribution in [1.29, 1.82) is 0 Å². The zero-order chi connectivity index (χ0) is 11.6. The Kier molecular flexibility index (Phi) is 2.99. The molecule has 0 aromatic heterocycles. The number of nitrogens with zero attached hydrogens (tertiary/aromatic N) is 1.